The predicted octanol–water partition coefficient (Wildman–Crippen LogP) is 4.25. The van der Waals surface area contributed by atoms with Crippen molar-refractivity contribution in [1.82, 2.24) is 9.97 Å². The highest BCUT2D eigenvalue weighted by Crippen LogP contribution is 2.39. The molecule has 0 bridgehead atoms. The average molecular weight is 404 g/mol. The lowest BCUT2D eigenvalue weighted by Gasteiger charge is -2.23. The largest absolute Gasteiger partial charge is 0.378 e. The Hall–Kier alpha value is -3.23. The summed E-state index contributed by atoms with van der Waals surface area (Å²) in [4.78, 5) is 32.5. The van der Waals surface area contributed by atoms with Gasteiger partial charge in [-0.2, -0.15) is 9.97 Å². The molecule has 3 aromatic rings. The zero-order valence-corrected chi connectivity index (χ0v) is 15.1. The Morgan fingerprint density at radius 3 is 2.30 bits per heavy atom. The van der Waals surface area contributed by atoms with Gasteiger partial charge in [0.1, 0.15) is 0 Å². The van der Waals surface area contributed by atoms with Crippen LogP contribution in [0.2, 0.25) is 10.3 Å². The van der Waals surface area contributed by atoms with Crippen LogP contribution in [-0.2, 0) is 0 Å². The Bertz CT molecular complexity index is 1030. The maximum Gasteiger partial charge on any atom is 0.354 e. The van der Waals surface area contributed by atoms with Gasteiger partial charge in [-0.25, -0.2) is 0 Å². The number of nitrogen functional groups attached to an aromatic ring is 1. The molecule has 0 aliphatic carbocycles. The third-order valence-corrected chi connectivity index (χ3v) is 4.07. The lowest BCUT2D eigenvalue weighted by molar-refractivity contribution is -0.383. The number of carbonyl (C=O) groups is 1. The molecule has 10 heteroatoms. The van der Waals surface area contributed by atoms with Gasteiger partial charge in [0.15, 0.2) is 0 Å². The van der Waals surface area contributed by atoms with Crippen LogP contribution >= 0.6 is 23.2 Å². The van der Waals surface area contributed by atoms with E-state index in [1.54, 1.807) is 48.5 Å². The van der Waals surface area contributed by atoms with Gasteiger partial charge in [-0.3, -0.25) is 19.8 Å². The Morgan fingerprint density at radius 2 is 1.67 bits per heavy atom. The molecule has 0 aliphatic rings. The van der Waals surface area contributed by atoms with E-state index < -0.39 is 22.3 Å². The highest BCUT2D eigenvalue weighted by atomic mass is 35.5. The van der Waals surface area contributed by atoms with Crippen LogP contribution in [0.5, 0.6) is 0 Å². The first-order valence-electron chi connectivity index (χ1n) is 7.51. The van der Waals surface area contributed by atoms with Crippen LogP contribution in [0.15, 0.2) is 54.6 Å². The number of hydrogen-bond acceptors (Lipinski definition) is 6. The molecule has 27 heavy (non-hydrogen) atoms. The van der Waals surface area contributed by atoms with Crippen molar-refractivity contribution in [2.75, 3.05) is 10.6 Å². The molecule has 1 heterocycles. The lowest BCUT2D eigenvalue weighted by atomic mass is 10.1. The van der Waals surface area contributed by atoms with Gasteiger partial charge in [-0.05, 0) is 35.9 Å². The van der Waals surface area contributed by atoms with Crippen molar-refractivity contribution in [3.05, 3.63) is 80.6 Å². The molecule has 1 amide bonds. The second-order valence-electron chi connectivity index (χ2n) is 5.27. The Kier molecular flexibility index (Phi) is 5.20. The molecule has 3 rings (SSSR count). The maximum absolute atomic E-state index is 13.2. The normalized spacial score (nSPS) is 10.4. The summed E-state index contributed by atoms with van der Waals surface area (Å²) in [7, 11) is 0. The molecule has 0 saturated carbocycles. The number of rotatable bonds is 4. The molecule has 0 spiro atoms. The average Bonchev–Trinajstić information content (AvgIpc) is 2.63. The van der Waals surface area contributed by atoms with Crippen LogP contribution in [0.25, 0.3) is 0 Å². The lowest BCUT2D eigenvalue weighted by Crippen LogP contribution is -2.28. The van der Waals surface area contributed by atoms with Crippen molar-refractivity contribution in [3.8, 4) is 0 Å². The monoisotopic (exact) mass is 403 g/mol. The summed E-state index contributed by atoms with van der Waals surface area (Å²) >= 11 is 12.1. The number of amides is 1. The minimum atomic E-state index is -0.775. The summed E-state index contributed by atoms with van der Waals surface area (Å²) in [5, 5.41) is 11.4. The molecule has 2 aromatic carbocycles. The molecule has 2 N–H and O–H groups in total. The number of nitrogens with two attached hydrogens (primary N) is 1. The van der Waals surface area contributed by atoms with Gasteiger partial charge in [0.2, 0.25) is 16.9 Å². The van der Waals surface area contributed by atoms with E-state index in [0.29, 0.717) is 0 Å². The van der Waals surface area contributed by atoms with Gasteiger partial charge in [0.05, 0.1) is 15.6 Å². The predicted molar refractivity (Wildman–Crippen MR) is 102 cm³/mol. The smallest absolute Gasteiger partial charge is 0.354 e. The third kappa shape index (κ3) is 3.67. The molecule has 0 unspecified atom stereocenters. The second-order valence-corrected chi connectivity index (χ2v) is 6.01. The van der Waals surface area contributed by atoms with Crippen LogP contribution in [0.3, 0.4) is 0 Å². The SMILES string of the molecule is Nc1nc(Cl)nc(N(C(=O)c2ccccc2)c2ccccc2Cl)c1[N+](=O)[O-]. The molecule has 136 valence electrons. The molecule has 0 fully saturated rings. The molecule has 0 saturated heterocycles. The van der Waals surface area contributed by atoms with Gasteiger partial charge in [-0.15, -0.1) is 0 Å². The fraction of sp³-hybridized carbons (Fsp3) is 0. The number of halogens is 2. The second kappa shape index (κ2) is 7.56. The summed E-state index contributed by atoms with van der Waals surface area (Å²) in [6.45, 7) is 0. The quantitative estimate of drug-likeness (QED) is 0.395. The summed E-state index contributed by atoms with van der Waals surface area (Å²) in [5.74, 6) is -1.44. The number of nitrogens with zero attached hydrogens (tertiary/aromatic N) is 4. The minimum absolute atomic E-state index is 0.185. The molecule has 0 radical (unpaired) electrons. The van der Waals surface area contributed by atoms with E-state index >= 15 is 0 Å². The Balaban J connectivity index is 2.31. The highest BCUT2D eigenvalue weighted by Gasteiger charge is 2.33. The topological polar surface area (TPSA) is 115 Å². The molecule has 1 aromatic heterocycles. The van der Waals surface area contributed by atoms with Crippen LogP contribution in [0, 0.1) is 10.1 Å². The van der Waals surface area contributed by atoms with Gasteiger partial charge in [0, 0.05) is 5.56 Å². The van der Waals surface area contributed by atoms with E-state index in [9.17, 15) is 14.9 Å². The highest BCUT2D eigenvalue weighted by molar-refractivity contribution is 6.34. The van der Waals surface area contributed by atoms with E-state index in [1.807, 2.05) is 0 Å². The van der Waals surface area contributed by atoms with Crippen LogP contribution < -0.4 is 10.6 Å². The van der Waals surface area contributed by atoms with Gasteiger partial charge < -0.3 is 5.73 Å². The van der Waals surface area contributed by atoms with Gasteiger partial charge >= 0.3 is 5.69 Å². The van der Waals surface area contributed by atoms with E-state index in [4.69, 9.17) is 28.9 Å². The minimum Gasteiger partial charge on any atom is -0.378 e. The van der Waals surface area contributed by atoms with Gasteiger partial charge in [0.25, 0.3) is 5.91 Å². The summed E-state index contributed by atoms with van der Waals surface area (Å²) in [5.41, 5.74) is 5.47. The standard InChI is InChI=1S/C17H11Cl2N5O3/c18-11-8-4-5-9-12(11)23(16(25)10-6-2-1-3-7-10)15-13(24(26)27)14(20)21-17(19)22-15/h1-9H,(H2,20,21,22). The zero-order valence-electron chi connectivity index (χ0n) is 13.5. The summed E-state index contributed by atoms with van der Waals surface area (Å²) < 4.78 is 0. The molecule has 0 aliphatic heterocycles. The van der Waals surface area contributed by atoms with E-state index in [-0.39, 0.29) is 27.4 Å². The van der Waals surface area contributed by atoms with Crippen molar-refractivity contribution < 1.29 is 9.72 Å². The van der Waals surface area contributed by atoms with Crippen LogP contribution in [0.4, 0.5) is 23.0 Å². The maximum atomic E-state index is 13.2. The fourth-order valence-electron chi connectivity index (χ4n) is 2.43. The number of para-hydroxylation sites is 1. The van der Waals surface area contributed by atoms with Crippen LogP contribution in [0.1, 0.15) is 10.4 Å². The van der Waals surface area contributed by atoms with Crippen molar-refractivity contribution in [3.63, 3.8) is 0 Å². The number of anilines is 3. The molecular weight excluding hydrogens is 393 g/mol. The zero-order chi connectivity index (χ0) is 19.6. The summed E-state index contributed by atoms with van der Waals surface area (Å²) in [6.07, 6.45) is 0. The van der Waals surface area contributed by atoms with Crippen molar-refractivity contribution in [1.29, 1.82) is 0 Å². The third-order valence-electron chi connectivity index (χ3n) is 3.58. The van der Waals surface area contributed by atoms with Crippen molar-refractivity contribution in [2.24, 2.45) is 0 Å². The molecule has 0 atom stereocenters. The first-order chi connectivity index (χ1) is 12.9. The number of nitro groups is 1. The molecular formula is C17H11Cl2N5O3. The number of aromatic nitrogens is 2. The van der Waals surface area contributed by atoms with Crippen molar-refractivity contribution in [2.45, 2.75) is 0 Å². The molecule has 8 nitrogen and oxygen atoms in total. The number of hydrogen-bond donors (Lipinski definition) is 1. The van der Waals surface area contributed by atoms with Crippen molar-refractivity contribution >= 4 is 52.1 Å². The van der Waals surface area contributed by atoms with Crippen LogP contribution in [-0.4, -0.2) is 20.8 Å². The Morgan fingerprint density at radius 1 is 1.04 bits per heavy atom. The first-order valence-corrected chi connectivity index (χ1v) is 8.27. The van der Waals surface area contributed by atoms with E-state index in [1.165, 1.54) is 6.07 Å². The van der Waals surface area contributed by atoms with E-state index in [0.717, 1.165) is 4.90 Å². The first kappa shape index (κ1) is 18.6. The Labute approximate surface area is 163 Å². The summed E-state index contributed by atoms with van der Waals surface area (Å²) in [6, 6.07) is 14.5. The number of carbonyl (C=O) groups excluding carboxylic acids is 1. The fourth-order valence-corrected chi connectivity index (χ4v) is 2.82. The number of benzene rings is 2. The van der Waals surface area contributed by atoms with E-state index in [2.05, 4.69) is 9.97 Å². The van der Waals surface area contributed by atoms with Gasteiger partial charge in [-0.1, -0.05) is 41.9 Å².